The molecular formula is C15H23NOS. The first-order valence-corrected chi connectivity index (χ1v) is 6.84. The Morgan fingerprint density at radius 2 is 1.94 bits per heavy atom. The Bertz CT molecular complexity index is 429. The third-order valence-electron chi connectivity index (χ3n) is 3.25. The van der Waals surface area contributed by atoms with Crippen molar-refractivity contribution >= 4 is 18.5 Å². The molecule has 2 nitrogen and oxygen atoms in total. The van der Waals surface area contributed by atoms with Crippen LogP contribution in [0, 0.1) is 12.8 Å². The number of hydrogen-bond acceptors (Lipinski definition) is 2. The number of rotatable bonds is 4. The zero-order chi connectivity index (χ0) is 13.9. The van der Waals surface area contributed by atoms with E-state index in [0.29, 0.717) is 5.92 Å². The second-order valence-corrected chi connectivity index (χ2v) is 5.91. The summed E-state index contributed by atoms with van der Waals surface area (Å²) in [4.78, 5) is 15.1. The van der Waals surface area contributed by atoms with Gasteiger partial charge in [0.25, 0.3) is 5.91 Å². The van der Waals surface area contributed by atoms with Crippen LogP contribution in [-0.4, -0.2) is 23.9 Å². The van der Waals surface area contributed by atoms with Crippen molar-refractivity contribution < 1.29 is 4.79 Å². The van der Waals surface area contributed by atoms with E-state index >= 15 is 0 Å². The summed E-state index contributed by atoms with van der Waals surface area (Å²) in [5.74, 6) is 0.670. The van der Waals surface area contributed by atoms with Crippen molar-refractivity contribution in [3.8, 4) is 0 Å². The minimum Gasteiger partial charge on any atom is -0.339 e. The lowest BCUT2D eigenvalue weighted by molar-refractivity contribution is 0.0727. The van der Waals surface area contributed by atoms with E-state index in [-0.39, 0.29) is 11.9 Å². The van der Waals surface area contributed by atoms with Crippen LogP contribution in [0.25, 0.3) is 0 Å². The molecule has 0 saturated carbocycles. The minimum absolute atomic E-state index is 0.0801. The molecule has 0 bridgehead atoms. The van der Waals surface area contributed by atoms with Gasteiger partial charge in [0.05, 0.1) is 0 Å². The van der Waals surface area contributed by atoms with Gasteiger partial charge >= 0.3 is 0 Å². The van der Waals surface area contributed by atoms with Gasteiger partial charge in [-0.2, -0.15) is 0 Å². The number of benzene rings is 1. The van der Waals surface area contributed by atoms with E-state index in [1.54, 1.807) is 0 Å². The van der Waals surface area contributed by atoms with Crippen LogP contribution >= 0.6 is 12.6 Å². The maximum Gasteiger partial charge on any atom is 0.254 e. The maximum absolute atomic E-state index is 12.4. The lowest BCUT2D eigenvalue weighted by Crippen LogP contribution is -2.36. The van der Waals surface area contributed by atoms with Crippen LogP contribution in [0.3, 0.4) is 0 Å². The highest BCUT2D eigenvalue weighted by molar-refractivity contribution is 7.80. The average molecular weight is 265 g/mol. The van der Waals surface area contributed by atoms with Crippen molar-refractivity contribution in [3.63, 3.8) is 0 Å². The minimum atomic E-state index is 0.0801. The molecular weight excluding hydrogens is 242 g/mol. The van der Waals surface area contributed by atoms with E-state index < -0.39 is 0 Å². The van der Waals surface area contributed by atoms with Gasteiger partial charge in [-0.3, -0.25) is 4.79 Å². The summed E-state index contributed by atoms with van der Waals surface area (Å²) in [7, 11) is 1.88. The molecule has 1 atom stereocenters. The molecule has 0 fully saturated rings. The van der Waals surface area contributed by atoms with Gasteiger partial charge in [0.2, 0.25) is 0 Å². The first-order chi connectivity index (χ1) is 8.32. The van der Waals surface area contributed by atoms with Crippen LogP contribution in [0.5, 0.6) is 0 Å². The maximum atomic E-state index is 12.4. The van der Waals surface area contributed by atoms with Crippen LogP contribution < -0.4 is 0 Å². The van der Waals surface area contributed by atoms with E-state index in [9.17, 15) is 4.79 Å². The van der Waals surface area contributed by atoms with Gasteiger partial charge in [-0.15, -0.1) is 12.6 Å². The van der Waals surface area contributed by atoms with Crippen LogP contribution in [0.4, 0.5) is 0 Å². The first kappa shape index (κ1) is 15.1. The third-order valence-corrected chi connectivity index (χ3v) is 3.52. The second kappa shape index (κ2) is 6.28. The van der Waals surface area contributed by atoms with Gasteiger partial charge in [0.1, 0.15) is 0 Å². The van der Waals surface area contributed by atoms with Gasteiger partial charge in [-0.05, 0) is 43.9 Å². The van der Waals surface area contributed by atoms with Crippen molar-refractivity contribution in [1.82, 2.24) is 4.90 Å². The average Bonchev–Trinajstić information content (AvgIpc) is 2.29. The van der Waals surface area contributed by atoms with Crippen LogP contribution in [-0.2, 0) is 0 Å². The second-order valence-electron chi connectivity index (χ2n) is 5.39. The van der Waals surface area contributed by atoms with Crippen molar-refractivity contribution in [2.24, 2.45) is 5.92 Å². The van der Waals surface area contributed by atoms with Crippen molar-refractivity contribution in [2.45, 2.75) is 45.1 Å². The lowest BCUT2D eigenvalue weighted by atomic mass is 10.0. The Kier molecular flexibility index (Phi) is 5.27. The fraction of sp³-hybridized carbons (Fsp3) is 0.533. The van der Waals surface area contributed by atoms with Crippen molar-refractivity contribution in [2.75, 3.05) is 7.05 Å². The van der Waals surface area contributed by atoms with Gasteiger partial charge in [0, 0.05) is 23.5 Å². The summed E-state index contributed by atoms with van der Waals surface area (Å²) in [5, 5.41) is 0. The van der Waals surface area contributed by atoms with E-state index in [1.165, 1.54) is 0 Å². The number of hydrogen-bond donors (Lipinski definition) is 1. The lowest BCUT2D eigenvalue weighted by Gasteiger charge is -2.27. The highest BCUT2D eigenvalue weighted by Gasteiger charge is 2.19. The molecule has 0 aliphatic rings. The molecule has 1 unspecified atom stereocenters. The number of nitrogens with zero attached hydrogens (tertiary/aromatic N) is 1. The van der Waals surface area contributed by atoms with Gasteiger partial charge in [-0.25, -0.2) is 0 Å². The normalized spacial score (nSPS) is 12.6. The molecule has 1 aromatic carbocycles. The van der Waals surface area contributed by atoms with Gasteiger partial charge in [-0.1, -0.05) is 19.9 Å². The van der Waals surface area contributed by atoms with Crippen molar-refractivity contribution in [3.05, 3.63) is 29.3 Å². The third kappa shape index (κ3) is 3.77. The number of amides is 1. The quantitative estimate of drug-likeness (QED) is 0.821. The summed E-state index contributed by atoms with van der Waals surface area (Å²) in [6.45, 7) is 8.40. The summed E-state index contributed by atoms with van der Waals surface area (Å²) in [5.41, 5.74) is 1.75. The zero-order valence-electron chi connectivity index (χ0n) is 11.9. The Morgan fingerprint density at radius 3 is 2.50 bits per heavy atom. The largest absolute Gasteiger partial charge is 0.339 e. The first-order valence-electron chi connectivity index (χ1n) is 6.39. The van der Waals surface area contributed by atoms with Crippen LogP contribution in [0.15, 0.2) is 23.1 Å². The molecule has 0 N–H and O–H groups in total. The molecule has 1 rings (SSSR count). The van der Waals surface area contributed by atoms with E-state index in [0.717, 1.165) is 22.4 Å². The molecule has 0 radical (unpaired) electrons. The predicted octanol–water partition coefficient (Wildman–Crippen LogP) is 3.79. The van der Waals surface area contributed by atoms with Crippen molar-refractivity contribution in [1.29, 1.82) is 0 Å². The summed E-state index contributed by atoms with van der Waals surface area (Å²) in [6.07, 6.45) is 1.02. The Labute approximate surface area is 116 Å². The SMILES string of the molecule is Cc1ccc(S)cc1C(=O)N(C)C(C)CC(C)C. The number of carbonyl (C=O) groups is 1. The predicted molar refractivity (Wildman–Crippen MR) is 79.4 cm³/mol. The monoisotopic (exact) mass is 265 g/mol. The summed E-state index contributed by atoms with van der Waals surface area (Å²) >= 11 is 4.30. The fourth-order valence-electron chi connectivity index (χ4n) is 2.07. The smallest absolute Gasteiger partial charge is 0.254 e. The van der Waals surface area contributed by atoms with E-state index in [2.05, 4.69) is 33.4 Å². The van der Waals surface area contributed by atoms with Gasteiger partial charge in [0.15, 0.2) is 0 Å². The molecule has 1 amide bonds. The number of aryl methyl sites for hydroxylation is 1. The highest BCUT2D eigenvalue weighted by Crippen LogP contribution is 2.18. The summed E-state index contributed by atoms with van der Waals surface area (Å²) < 4.78 is 0. The Morgan fingerprint density at radius 1 is 1.33 bits per heavy atom. The zero-order valence-corrected chi connectivity index (χ0v) is 12.8. The fourth-order valence-corrected chi connectivity index (χ4v) is 2.27. The number of thiol groups is 1. The molecule has 0 aliphatic carbocycles. The summed E-state index contributed by atoms with van der Waals surface area (Å²) in [6, 6.07) is 5.95. The standard InChI is InChI=1S/C15H23NOS/c1-10(2)8-12(4)16(5)15(17)14-9-13(18)7-6-11(14)3/h6-7,9-10,12,18H,8H2,1-5H3. The molecule has 0 heterocycles. The molecule has 0 saturated heterocycles. The van der Waals surface area contributed by atoms with Crippen LogP contribution in [0.1, 0.15) is 43.1 Å². The molecule has 18 heavy (non-hydrogen) atoms. The van der Waals surface area contributed by atoms with Crippen LogP contribution in [0.2, 0.25) is 0 Å². The van der Waals surface area contributed by atoms with Gasteiger partial charge < -0.3 is 4.90 Å². The molecule has 0 aliphatic heterocycles. The molecule has 1 aromatic rings. The van der Waals surface area contributed by atoms with E-state index in [4.69, 9.17) is 0 Å². The molecule has 100 valence electrons. The highest BCUT2D eigenvalue weighted by atomic mass is 32.1. The van der Waals surface area contributed by atoms with E-state index in [1.807, 2.05) is 37.1 Å². The Hall–Kier alpha value is -0.960. The topological polar surface area (TPSA) is 20.3 Å². The molecule has 3 heteroatoms. The number of carbonyl (C=O) groups excluding carboxylic acids is 1. The Balaban J connectivity index is 2.89. The molecule has 0 aromatic heterocycles. The molecule has 0 spiro atoms.